The Labute approximate surface area is 88.9 Å². The molecule has 2 nitrogen and oxygen atoms in total. The van der Waals surface area contributed by atoms with Crippen molar-refractivity contribution in [1.82, 2.24) is 5.32 Å². The zero-order valence-electron chi connectivity index (χ0n) is 8.02. The third-order valence-electron chi connectivity index (χ3n) is 3.07. The molecule has 0 unspecified atom stereocenters. The van der Waals surface area contributed by atoms with Gasteiger partial charge in [0.2, 0.25) is 0 Å². The van der Waals surface area contributed by atoms with Gasteiger partial charge in [-0.15, -0.1) is 0 Å². The first-order valence-corrected chi connectivity index (χ1v) is 5.49. The molecule has 0 saturated heterocycles. The van der Waals surface area contributed by atoms with Gasteiger partial charge in [-0.1, -0.05) is 11.6 Å². The van der Waals surface area contributed by atoms with Crippen LogP contribution < -0.4 is 10.2 Å². The Morgan fingerprint density at radius 3 is 3.00 bits per heavy atom. The molecule has 2 heterocycles. The number of hydrogen-bond donors (Lipinski definition) is 1. The summed E-state index contributed by atoms with van der Waals surface area (Å²) in [6.45, 7) is 4.32. The average Bonchev–Trinajstić information content (AvgIpc) is 2.43. The first-order chi connectivity index (χ1) is 6.84. The summed E-state index contributed by atoms with van der Waals surface area (Å²) in [5.41, 5.74) is 4.23. The minimum absolute atomic E-state index is 0.879. The molecule has 0 saturated carbocycles. The van der Waals surface area contributed by atoms with Crippen LogP contribution in [0.5, 0.6) is 0 Å². The summed E-state index contributed by atoms with van der Waals surface area (Å²) < 4.78 is 0. The molecular weight excluding hydrogens is 196 g/mol. The normalized spacial score (nSPS) is 19.4. The first kappa shape index (κ1) is 8.57. The summed E-state index contributed by atoms with van der Waals surface area (Å²) >= 11 is 6.09. The van der Waals surface area contributed by atoms with Crippen LogP contribution in [-0.4, -0.2) is 19.6 Å². The predicted molar refractivity (Wildman–Crippen MR) is 59.1 cm³/mol. The Hall–Kier alpha value is -0.730. The van der Waals surface area contributed by atoms with Gasteiger partial charge >= 0.3 is 0 Å². The summed E-state index contributed by atoms with van der Waals surface area (Å²) in [6.07, 6.45) is 1.16. The van der Waals surface area contributed by atoms with Gasteiger partial charge in [0.15, 0.2) is 0 Å². The fraction of sp³-hybridized carbons (Fsp3) is 0.455. The minimum Gasteiger partial charge on any atom is -0.369 e. The van der Waals surface area contributed by atoms with Gasteiger partial charge < -0.3 is 10.2 Å². The lowest BCUT2D eigenvalue weighted by Crippen LogP contribution is -2.27. The zero-order valence-corrected chi connectivity index (χ0v) is 8.77. The molecule has 0 aromatic heterocycles. The van der Waals surface area contributed by atoms with E-state index in [1.165, 1.54) is 16.8 Å². The second-order valence-corrected chi connectivity index (χ2v) is 4.42. The molecule has 2 aliphatic heterocycles. The molecular formula is C11H13ClN2. The number of rotatable bonds is 0. The maximum Gasteiger partial charge on any atom is 0.0446 e. The van der Waals surface area contributed by atoms with Crippen LogP contribution in [-0.2, 0) is 13.0 Å². The summed E-state index contributed by atoms with van der Waals surface area (Å²) in [6, 6.07) is 4.21. The second-order valence-electron chi connectivity index (χ2n) is 3.99. The van der Waals surface area contributed by atoms with E-state index in [0.717, 1.165) is 37.6 Å². The highest BCUT2D eigenvalue weighted by Crippen LogP contribution is 2.35. The van der Waals surface area contributed by atoms with E-state index in [1.54, 1.807) is 0 Å². The monoisotopic (exact) mass is 208 g/mol. The van der Waals surface area contributed by atoms with Gasteiger partial charge in [0.1, 0.15) is 0 Å². The van der Waals surface area contributed by atoms with Crippen LogP contribution in [0.2, 0.25) is 5.02 Å². The number of nitrogens with one attached hydrogen (secondary N) is 1. The number of benzene rings is 1. The van der Waals surface area contributed by atoms with Gasteiger partial charge in [0.25, 0.3) is 0 Å². The lowest BCUT2D eigenvalue weighted by molar-refractivity contribution is 0.692. The lowest BCUT2D eigenvalue weighted by Gasteiger charge is -2.18. The third-order valence-corrected chi connectivity index (χ3v) is 3.29. The van der Waals surface area contributed by atoms with Crippen molar-refractivity contribution in [2.24, 2.45) is 0 Å². The highest BCUT2D eigenvalue weighted by Gasteiger charge is 2.24. The Bertz CT molecular complexity index is 376. The summed E-state index contributed by atoms with van der Waals surface area (Å²) in [5, 5.41) is 4.30. The molecule has 0 aliphatic carbocycles. The Balaban J connectivity index is 2.18. The fourth-order valence-corrected chi connectivity index (χ4v) is 2.74. The maximum absolute atomic E-state index is 6.09. The summed E-state index contributed by atoms with van der Waals surface area (Å²) in [5.74, 6) is 0. The molecule has 0 bridgehead atoms. The fourth-order valence-electron chi connectivity index (χ4n) is 2.48. The van der Waals surface area contributed by atoms with Crippen molar-refractivity contribution >= 4 is 17.3 Å². The van der Waals surface area contributed by atoms with E-state index in [-0.39, 0.29) is 0 Å². The van der Waals surface area contributed by atoms with Crippen molar-refractivity contribution in [3.8, 4) is 0 Å². The topological polar surface area (TPSA) is 15.3 Å². The molecule has 0 atom stereocenters. The van der Waals surface area contributed by atoms with Crippen molar-refractivity contribution in [2.75, 3.05) is 24.5 Å². The molecule has 74 valence electrons. The van der Waals surface area contributed by atoms with Crippen LogP contribution in [0.25, 0.3) is 0 Å². The Morgan fingerprint density at radius 1 is 1.21 bits per heavy atom. The van der Waals surface area contributed by atoms with Crippen LogP contribution in [0.3, 0.4) is 0 Å². The quantitative estimate of drug-likeness (QED) is 0.700. The number of anilines is 1. The van der Waals surface area contributed by atoms with Gasteiger partial charge in [-0.25, -0.2) is 0 Å². The highest BCUT2D eigenvalue weighted by molar-refractivity contribution is 6.30. The van der Waals surface area contributed by atoms with Crippen LogP contribution in [0.15, 0.2) is 12.1 Å². The van der Waals surface area contributed by atoms with Crippen LogP contribution in [0.1, 0.15) is 11.1 Å². The number of halogens is 1. The van der Waals surface area contributed by atoms with Gasteiger partial charge in [0, 0.05) is 36.9 Å². The van der Waals surface area contributed by atoms with Crippen molar-refractivity contribution in [1.29, 1.82) is 0 Å². The van der Waals surface area contributed by atoms with Gasteiger partial charge in [-0.3, -0.25) is 0 Å². The number of hydrogen-bond acceptors (Lipinski definition) is 2. The van der Waals surface area contributed by atoms with Crippen molar-refractivity contribution in [3.05, 3.63) is 28.3 Å². The lowest BCUT2D eigenvalue weighted by atomic mass is 10.1. The van der Waals surface area contributed by atoms with E-state index in [2.05, 4.69) is 22.3 Å². The smallest absolute Gasteiger partial charge is 0.0446 e. The Kier molecular flexibility index (Phi) is 1.92. The van der Waals surface area contributed by atoms with E-state index >= 15 is 0 Å². The van der Waals surface area contributed by atoms with E-state index in [9.17, 15) is 0 Å². The van der Waals surface area contributed by atoms with Crippen molar-refractivity contribution in [2.45, 2.75) is 13.0 Å². The molecule has 1 N–H and O–H groups in total. The first-order valence-electron chi connectivity index (χ1n) is 5.11. The van der Waals surface area contributed by atoms with Crippen molar-refractivity contribution < 1.29 is 0 Å². The second kappa shape index (κ2) is 3.14. The molecule has 3 rings (SSSR count). The van der Waals surface area contributed by atoms with Crippen LogP contribution in [0, 0.1) is 0 Å². The van der Waals surface area contributed by atoms with E-state index in [0.29, 0.717) is 0 Å². The average molecular weight is 209 g/mol. The molecule has 2 aliphatic rings. The molecule has 0 fully saturated rings. The largest absolute Gasteiger partial charge is 0.369 e. The minimum atomic E-state index is 0.879. The van der Waals surface area contributed by atoms with E-state index in [1.807, 2.05) is 0 Å². The molecule has 3 heteroatoms. The van der Waals surface area contributed by atoms with Crippen molar-refractivity contribution in [3.63, 3.8) is 0 Å². The standard InChI is InChI=1S/C11H13ClN2/c12-10-5-8-1-3-14-4-2-13-7-9(6-10)11(8)14/h5-6,13H,1-4,7H2. The third kappa shape index (κ3) is 1.22. The molecule has 14 heavy (non-hydrogen) atoms. The molecule has 0 amide bonds. The Morgan fingerprint density at radius 2 is 2.07 bits per heavy atom. The number of nitrogens with zero attached hydrogens (tertiary/aromatic N) is 1. The maximum atomic E-state index is 6.09. The highest BCUT2D eigenvalue weighted by atomic mass is 35.5. The van der Waals surface area contributed by atoms with Gasteiger partial charge in [-0.05, 0) is 29.7 Å². The van der Waals surface area contributed by atoms with Gasteiger partial charge in [-0.2, -0.15) is 0 Å². The molecule has 0 spiro atoms. The SMILES string of the molecule is Clc1cc2c3c(c1)CNCCN3CC2. The summed E-state index contributed by atoms with van der Waals surface area (Å²) in [4.78, 5) is 2.47. The van der Waals surface area contributed by atoms with Crippen LogP contribution >= 0.6 is 11.6 Å². The summed E-state index contributed by atoms with van der Waals surface area (Å²) in [7, 11) is 0. The molecule has 0 radical (unpaired) electrons. The van der Waals surface area contributed by atoms with Gasteiger partial charge in [0.05, 0.1) is 0 Å². The molecule has 1 aromatic rings. The van der Waals surface area contributed by atoms with E-state index in [4.69, 9.17) is 11.6 Å². The van der Waals surface area contributed by atoms with E-state index < -0.39 is 0 Å². The predicted octanol–water partition coefficient (Wildman–Crippen LogP) is 1.81. The van der Waals surface area contributed by atoms with Crippen LogP contribution in [0.4, 0.5) is 5.69 Å². The molecule has 1 aromatic carbocycles. The zero-order chi connectivity index (χ0) is 9.54.